The molecule has 0 bridgehead atoms. The summed E-state index contributed by atoms with van der Waals surface area (Å²) >= 11 is 0. The zero-order valence-corrected chi connectivity index (χ0v) is 7.19. The van der Waals surface area contributed by atoms with Crippen LogP contribution in [0.5, 0.6) is 0 Å². The van der Waals surface area contributed by atoms with Gasteiger partial charge in [0.1, 0.15) is 24.5 Å². The Labute approximate surface area is 79.4 Å². The Balaban J connectivity index is 4.37. The lowest BCUT2D eigenvalue weighted by molar-refractivity contribution is -0.151. The number of aliphatic hydroxyl groups excluding tert-OH is 5. The minimum Gasteiger partial charge on any atom is -0.387 e. The number of carbonyl (C=O) groups is 1. The Bertz CT molecular complexity index is 199. The van der Waals surface area contributed by atoms with E-state index in [1.54, 1.807) is 0 Å². The Morgan fingerprint density at radius 3 is 1.64 bits per heavy atom. The third-order valence-corrected chi connectivity index (χ3v) is 1.66. The second-order valence-corrected chi connectivity index (χ2v) is 2.81. The van der Waals surface area contributed by atoms with Crippen molar-refractivity contribution in [3.8, 4) is 0 Å². The van der Waals surface area contributed by atoms with Crippen molar-refractivity contribution in [1.82, 2.24) is 0 Å². The van der Waals surface area contributed by atoms with Crippen LogP contribution in [0.1, 0.15) is 0 Å². The Kier molecular flexibility index (Phi) is 4.91. The van der Waals surface area contributed by atoms with E-state index in [9.17, 15) is 4.79 Å². The van der Waals surface area contributed by atoms with Gasteiger partial charge in [-0.1, -0.05) is 0 Å². The first kappa shape index (κ1) is 13.2. The highest BCUT2D eigenvalue weighted by molar-refractivity contribution is 5.79. The molecule has 0 aliphatic rings. The molecular weight excluding hydrogens is 196 g/mol. The topological polar surface area (TPSA) is 170 Å². The first-order valence-electron chi connectivity index (χ1n) is 3.74. The lowest BCUT2D eigenvalue weighted by Crippen LogP contribution is -2.54. The second-order valence-electron chi connectivity index (χ2n) is 2.81. The molecule has 1 unspecified atom stereocenters. The maximum atomic E-state index is 10.4. The first-order chi connectivity index (χ1) is 6.29. The zero-order valence-electron chi connectivity index (χ0n) is 7.19. The summed E-state index contributed by atoms with van der Waals surface area (Å²) in [6, 6.07) is 0. The van der Waals surface area contributed by atoms with Gasteiger partial charge >= 0.3 is 0 Å². The molecule has 9 N–H and O–H groups in total. The number of carbonyl (C=O) groups excluding carboxylic acids is 1. The van der Waals surface area contributed by atoms with E-state index in [-0.39, 0.29) is 0 Å². The summed E-state index contributed by atoms with van der Waals surface area (Å²) in [4.78, 5) is 10.4. The van der Waals surface area contributed by atoms with Crippen molar-refractivity contribution in [2.75, 3.05) is 0 Å². The van der Waals surface area contributed by atoms with Crippen LogP contribution in [0.15, 0.2) is 0 Å². The normalized spacial score (nSPS) is 22.1. The fourth-order valence-corrected chi connectivity index (χ4v) is 0.759. The maximum Gasteiger partial charge on any atom is 0.249 e. The van der Waals surface area contributed by atoms with Gasteiger partial charge in [0.15, 0.2) is 6.10 Å². The van der Waals surface area contributed by atoms with E-state index in [1.807, 2.05) is 0 Å². The third-order valence-electron chi connectivity index (χ3n) is 1.66. The molecule has 84 valence electrons. The molecule has 0 heterocycles. The molecule has 0 saturated carbocycles. The Morgan fingerprint density at radius 2 is 1.36 bits per heavy atom. The quantitative estimate of drug-likeness (QED) is 0.223. The van der Waals surface area contributed by atoms with Gasteiger partial charge in [-0.05, 0) is 0 Å². The van der Waals surface area contributed by atoms with E-state index in [4.69, 9.17) is 31.3 Å². The van der Waals surface area contributed by atoms with Gasteiger partial charge in [0, 0.05) is 0 Å². The van der Waals surface area contributed by atoms with Crippen LogP contribution in [-0.4, -0.2) is 62.1 Å². The molecule has 1 amide bonds. The van der Waals surface area contributed by atoms with Crippen LogP contribution in [-0.2, 0) is 4.79 Å². The van der Waals surface area contributed by atoms with Gasteiger partial charge in [0.25, 0.3) is 0 Å². The van der Waals surface area contributed by atoms with Crippen molar-refractivity contribution < 1.29 is 30.3 Å². The third kappa shape index (κ3) is 3.18. The van der Waals surface area contributed by atoms with Gasteiger partial charge in [0.05, 0.1) is 0 Å². The highest BCUT2D eigenvalue weighted by Crippen LogP contribution is 2.06. The highest BCUT2D eigenvalue weighted by atomic mass is 16.4. The van der Waals surface area contributed by atoms with Crippen molar-refractivity contribution in [2.24, 2.45) is 11.5 Å². The molecule has 8 nitrogen and oxygen atoms in total. The largest absolute Gasteiger partial charge is 0.387 e. The van der Waals surface area contributed by atoms with Crippen LogP contribution in [0.2, 0.25) is 0 Å². The van der Waals surface area contributed by atoms with E-state index >= 15 is 0 Å². The number of rotatable bonds is 5. The standard InChI is InChI=1S/C6H14N2O6/c7-5(13)3(11)1(9)2(10)4(12)6(8)14/h1-5,9-13H,7H2,(H2,8,14)/t1-,2-,3-,4+,5?/m0/s1. The van der Waals surface area contributed by atoms with Crippen molar-refractivity contribution in [2.45, 2.75) is 30.6 Å². The number of nitrogens with two attached hydrogens (primary N) is 2. The van der Waals surface area contributed by atoms with E-state index in [2.05, 4.69) is 5.73 Å². The summed E-state index contributed by atoms with van der Waals surface area (Å²) in [6.45, 7) is 0. The molecule has 0 aliphatic heterocycles. The van der Waals surface area contributed by atoms with Crippen LogP contribution in [0.25, 0.3) is 0 Å². The van der Waals surface area contributed by atoms with Gasteiger partial charge < -0.3 is 37.0 Å². The molecule has 0 spiro atoms. The summed E-state index contributed by atoms with van der Waals surface area (Å²) in [5, 5.41) is 44.6. The van der Waals surface area contributed by atoms with Crippen molar-refractivity contribution in [3.05, 3.63) is 0 Å². The van der Waals surface area contributed by atoms with Crippen LogP contribution in [0, 0.1) is 0 Å². The van der Waals surface area contributed by atoms with Gasteiger partial charge in [-0.3, -0.25) is 4.79 Å². The van der Waals surface area contributed by atoms with Crippen LogP contribution in [0.4, 0.5) is 0 Å². The van der Waals surface area contributed by atoms with Crippen LogP contribution in [0.3, 0.4) is 0 Å². The average molecular weight is 210 g/mol. The number of hydrogen-bond donors (Lipinski definition) is 7. The number of primary amides is 1. The smallest absolute Gasteiger partial charge is 0.249 e. The molecule has 0 aromatic carbocycles. The minimum atomic E-state index is -2.04. The molecule has 0 fully saturated rings. The van der Waals surface area contributed by atoms with Crippen LogP contribution < -0.4 is 11.5 Å². The molecule has 5 atom stereocenters. The van der Waals surface area contributed by atoms with Crippen molar-refractivity contribution >= 4 is 5.91 Å². The molecule has 0 aromatic rings. The minimum absolute atomic E-state index is 1.27. The first-order valence-corrected chi connectivity index (χ1v) is 3.74. The fourth-order valence-electron chi connectivity index (χ4n) is 0.759. The second kappa shape index (κ2) is 5.20. The molecule has 0 aliphatic carbocycles. The Morgan fingerprint density at radius 1 is 0.929 bits per heavy atom. The van der Waals surface area contributed by atoms with Gasteiger partial charge in [0.2, 0.25) is 5.91 Å². The van der Waals surface area contributed by atoms with Gasteiger partial charge in [-0.2, -0.15) is 0 Å². The van der Waals surface area contributed by atoms with Crippen molar-refractivity contribution in [1.29, 1.82) is 0 Å². The summed E-state index contributed by atoms with van der Waals surface area (Å²) in [6.07, 6.45) is -9.73. The van der Waals surface area contributed by atoms with E-state index < -0.39 is 36.6 Å². The van der Waals surface area contributed by atoms with Gasteiger partial charge in [-0.25, -0.2) is 0 Å². The molecule has 0 rings (SSSR count). The van der Waals surface area contributed by atoms with Gasteiger partial charge in [-0.15, -0.1) is 0 Å². The van der Waals surface area contributed by atoms with E-state index in [0.29, 0.717) is 0 Å². The van der Waals surface area contributed by atoms with Crippen LogP contribution >= 0.6 is 0 Å². The average Bonchev–Trinajstić information content (AvgIpc) is 2.12. The number of aliphatic hydroxyl groups is 5. The maximum absolute atomic E-state index is 10.4. The molecule has 8 heteroatoms. The van der Waals surface area contributed by atoms with E-state index in [1.165, 1.54) is 0 Å². The summed E-state index contributed by atoms with van der Waals surface area (Å²) in [5.74, 6) is -1.27. The summed E-state index contributed by atoms with van der Waals surface area (Å²) < 4.78 is 0. The number of hydrogen-bond acceptors (Lipinski definition) is 7. The predicted molar refractivity (Wildman–Crippen MR) is 43.4 cm³/mol. The summed E-state index contributed by atoms with van der Waals surface area (Å²) in [7, 11) is 0. The molecular formula is C6H14N2O6. The Hall–Kier alpha value is -0.770. The molecule has 14 heavy (non-hydrogen) atoms. The monoisotopic (exact) mass is 210 g/mol. The molecule has 0 aromatic heterocycles. The van der Waals surface area contributed by atoms with Crippen molar-refractivity contribution in [3.63, 3.8) is 0 Å². The SMILES string of the molecule is NC(=O)[C@H](O)[C@@H](O)[C@H](O)[C@H](O)C(N)O. The zero-order chi connectivity index (χ0) is 11.5. The molecule has 0 radical (unpaired) electrons. The highest BCUT2D eigenvalue weighted by Gasteiger charge is 2.35. The molecule has 0 saturated heterocycles. The summed E-state index contributed by atoms with van der Waals surface area (Å²) in [5.41, 5.74) is 9.40. The lowest BCUT2D eigenvalue weighted by atomic mass is 10.0. The lowest BCUT2D eigenvalue weighted by Gasteiger charge is -2.26. The number of amides is 1. The van der Waals surface area contributed by atoms with E-state index in [0.717, 1.165) is 0 Å². The fraction of sp³-hybridized carbons (Fsp3) is 0.833. The predicted octanol–water partition coefficient (Wildman–Crippen LogP) is -4.81.